The second-order valence-electron chi connectivity index (χ2n) is 7.01. The molecule has 2 amide bonds. The fourth-order valence-corrected chi connectivity index (χ4v) is 3.92. The molecule has 0 aromatic heterocycles. The first-order chi connectivity index (χ1) is 14.7. The summed E-state index contributed by atoms with van der Waals surface area (Å²) in [6.07, 6.45) is 1.43. The molecule has 1 aliphatic rings. The number of sulfonamides is 1. The second-order valence-corrected chi connectivity index (χ2v) is 8.74. The summed E-state index contributed by atoms with van der Waals surface area (Å²) in [4.78, 5) is 16.7. The number of urea groups is 1. The molecule has 1 fully saturated rings. The number of ether oxygens (including phenoxy) is 2. The fraction of sp³-hybridized carbons (Fsp3) is 0.350. The molecule has 1 saturated heterocycles. The maximum absolute atomic E-state index is 12.9. The molecule has 0 saturated carbocycles. The third-order valence-electron chi connectivity index (χ3n) is 4.77. The van der Waals surface area contributed by atoms with Gasteiger partial charge in [-0.05, 0) is 41.8 Å². The number of alkyl halides is 2. The monoisotopic (exact) mass is 455 g/mol. The van der Waals surface area contributed by atoms with Gasteiger partial charge < -0.3 is 14.4 Å². The highest BCUT2D eigenvalue weighted by atomic mass is 32.2. The molecule has 2 aromatic carbocycles. The first-order valence-corrected chi connectivity index (χ1v) is 11.3. The molecule has 3 rings (SSSR count). The summed E-state index contributed by atoms with van der Waals surface area (Å²) in [5, 5.41) is 1.07. The summed E-state index contributed by atoms with van der Waals surface area (Å²) in [6, 6.07) is 12.5. The normalized spacial score (nSPS) is 16.8. The number of carbonyl (C=O) groups excluding carboxylic acids is 1. The molecule has 8 nitrogen and oxygen atoms in total. The smallest absolute Gasteiger partial charge is 0.387 e. The number of halogens is 2. The van der Waals surface area contributed by atoms with Gasteiger partial charge in [0, 0.05) is 6.54 Å². The number of amides is 2. The Morgan fingerprint density at radius 2 is 1.71 bits per heavy atom. The number of hydrogen-bond acceptors (Lipinski definition) is 5. The topological polar surface area (TPSA) is 88.2 Å². The molecule has 2 aromatic rings. The zero-order valence-electron chi connectivity index (χ0n) is 17.0. The number of nitrogens with zero attached hydrogens (tertiary/aromatic N) is 2. The van der Waals surface area contributed by atoms with E-state index in [4.69, 9.17) is 4.74 Å². The lowest BCUT2D eigenvalue weighted by Gasteiger charge is -2.23. The van der Waals surface area contributed by atoms with E-state index in [-0.39, 0.29) is 18.3 Å². The van der Waals surface area contributed by atoms with E-state index in [0.717, 1.165) is 22.4 Å². The van der Waals surface area contributed by atoms with Crippen LogP contribution in [0.15, 0.2) is 48.5 Å². The maximum Gasteiger partial charge on any atom is 0.387 e. The lowest BCUT2D eigenvalue weighted by molar-refractivity contribution is -0.0498. The fourth-order valence-electron chi connectivity index (χ4n) is 3.36. The van der Waals surface area contributed by atoms with Crippen molar-refractivity contribution in [3.05, 3.63) is 59.7 Å². The van der Waals surface area contributed by atoms with E-state index in [0.29, 0.717) is 18.7 Å². The van der Waals surface area contributed by atoms with E-state index in [1.165, 1.54) is 12.1 Å². The number of benzene rings is 2. The molecule has 0 aliphatic carbocycles. The number of nitrogens with one attached hydrogen (secondary N) is 1. The van der Waals surface area contributed by atoms with E-state index in [1.807, 2.05) is 12.1 Å². The predicted molar refractivity (Wildman–Crippen MR) is 109 cm³/mol. The molecule has 0 radical (unpaired) electrons. The number of rotatable bonds is 9. The van der Waals surface area contributed by atoms with Gasteiger partial charge in [0.15, 0.2) is 0 Å². The Labute approximate surface area is 179 Å². The second kappa shape index (κ2) is 9.48. The summed E-state index contributed by atoms with van der Waals surface area (Å²) < 4.78 is 57.4. The first kappa shape index (κ1) is 22.8. The van der Waals surface area contributed by atoms with Crippen molar-refractivity contribution in [1.82, 2.24) is 14.7 Å². The molecule has 11 heteroatoms. The molecular formula is C20H23F2N3O5S. The maximum atomic E-state index is 12.9. The van der Waals surface area contributed by atoms with Crippen LogP contribution in [-0.2, 0) is 16.4 Å². The lowest BCUT2D eigenvalue weighted by Crippen LogP contribution is -2.44. The minimum absolute atomic E-state index is 0.0515. The highest BCUT2D eigenvalue weighted by molar-refractivity contribution is 7.88. The number of hydrogen-bond donors (Lipinski definition) is 1. The van der Waals surface area contributed by atoms with Crippen LogP contribution in [0.4, 0.5) is 13.6 Å². The molecule has 1 heterocycles. The van der Waals surface area contributed by atoms with Crippen molar-refractivity contribution in [3.63, 3.8) is 0 Å². The van der Waals surface area contributed by atoms with Crippen molar-refractivity contribution in [1.29, 1.82) is 0 Å². The largest absolute Gasteiger partial charge is 0.497 e. The van der Waals surface area contributed by atoms with Crippen molar-refractivity contribution < 1.29 is 31.5 Å². The lowest BCUT2D eigenvalue weighted by atomic mass is 10.1. The van der Waals surface area contributed by atoms with Crippen molar-refractivity contribution in [3.8, 4) is 11.5 Å². The summed E-state index contributed by atoms with van der Waals surface area (Å²) >= 11 is 0. The van der Waals surface area contributed by atoms with E-state index >= 15 is 0 Å². The van der Waals surface area contributed by atoms with Crippen LogP contribution in [-0.4, -0.2) is 57.4 Å². The molecule has 168 valence electrons. The van der Waals surface area contributed by atoms with Gasteiger partial charge >= 0.3 is 12.6 Å². The average Bonchev–Trinajstić information content (AvgIpc) is 3.01. The van der Waals surface area contributed by atoms with Gasteiger partial charge in [0.2, 0.25) is 10.0 Å². The Morgan fingerprint density at radius 1 is 1.10 bits per heavy atom. The summed E-state index contributed by atoms with van der Waals surface area (Å²) in [5.41, 5.74) is 1.64. The van der Waals surface area contributed by atoms with Gasteiger partial charge in [-0.1, -0.05) is 24.3 Å². The molecule has 0 spiro atoms. The zero-order chi connectivity index (χ0) is 22.6. The van der Waals surface area contributed by atoms with Crippen LogP contribution in [0.1, 0.15) is 17.2 Å². The van der Waals surface area contributed by atoms with E-state index in [9.17, 15) is 22.0 Å². The van der Waals surface area contributed by atoms with Crippen molar-refractivity contribution in [2.45, 2.75) is 19.1 Å². The molecule has 1 unspecified atom stereocenters. The van der Waals surface area contributed by atoms with Gasteiger partial charge in [-0.25, -0.2) is 18.2 Å². The zero-order valence-corrected chi connectivity index (χ0v) is 17.8. The molecule has 1 aliphatic heterocycles. The van der Waals surface area contributed by atoms with Gasteiger partial charge in [-0.2, -0.15) is 8.78 Å². The molecular weight excluding hydrogens is 432 g/mol. The number of carbonyl (C=O) groups is 1. The summed E-state index contributed by atoms with van der Waals surface area (Å²) in [5.74, 6) is 0.715. The van der Waals surface area contributed by atoms with Crippen molar-refractivity contribution >= 4 is 16.1 Å². The average molecular weight is 455 g/mol. The van der Waals surface area contributed by atoms with Gasteiger partial charge in [-0.15, -0.1) is 4.83 Å². The van der Waals surface area contributed by atoms with Gasteiger partial charge in [0.25, 0.3) is 0 Å². The third-order valence-corrected chi connectivity index (χ3v) is 5.33. The Balaban J connectivity index is 1.76. The number of methoxy groups -OCH3 is 1. The highest BCUT2D eigenvalue weighted by Gasteiger charge is 2.39. The SMILES string of the molecule is COc1ccc(C2CN(NS(C)(=O)=O)C(=O)N2CCc2ccc(OC(F)F)cc2)cc1. The Bertz CT molecular complexity index is 1000. The molecule has 31 heavy (non-hydrogen) atoms. The van der Waals surface area contributed by atoms with E-state index in [2.05, 4.69) is 9.57 Å². The third kappa shape index (κ3) is 6.05. The van der Waals surface area contributed by atoms with Crippen molar-refractivity contribution in [2.24, 2.45) is 0 Å². The first-order valence-electron chi connectivity index (χ1n) is 9.39. The minimum Gasteiger partial charge on any atom is -0.497 e. The van der Waals surface area contributed by atoms with Crippen LogP contribution in [0.3, 0.4) is 0 Å². The summed E-state index contributed by atoms with van der Waals surface area (Å²) in [6.45, 7) is -2.46. The van der Waals surface area contributed by atoms with Crippen LogP contribution < -0.4 is 14.3 Å². The predicted octanol–water partition coefficient (Wildman–Crippen LogP) is 2.78. The van der Waals surface area contributed by atoms with Crippen LogP contribution in [0.2, 0.25) is 0 Å². The Kier molecular flexibility index (Phi) is 6.96. The standard InChI is InChI=1S/C20H23F2N3O5S/c1-29-16-9-5-15(6-10-16)18-13-25(23-31(2,27)28)20(26)24(18)12-11-14-3-7-17(8-4-14)30-19(21)22/h3-10,18-19,23H,11-13H2,1-2H3. The summed E-state index contributed by atoms with van der Waals surface area (Å²) in [7, 11) is -2.08. The van der Waals surface area contributed by atoms with Crippen LogP contribution in [0.25, 0.3) is 0 Å². The van der Waals surface area contributed by atoms with E-state index in [1.54, 1.807) is 36.3 Å². The van der Waals surface area contributed by atoms with Crippen molar-refractivity contribution in [2.75, 3.05) is 26.5 Å². The van der Waals surface area contributed by atoms with Gasteiger partial charge in [0.05, 0.1) is 26.0 Å². The quantitative estimate of drug-likeness (QED) is 0.628. The number of hydrazine groups is 1. The van der Waals surface area contributed by atoms with E-state index < -0.39 is 22.7 Å². The van der Waals surface area contributed by atoms with Crippen LogP contribution >= 0.6 is 0 Å². The van der Waals surface area contributed by atoms with Gasteiger partial charge in [0.1, 0.15) is 11.5 Å². The Morgan fingerprint density at radius 3 is 2.26 bits per heavy atom. The minimum atomic E-state index is -3.63. The van der Waals surface area contributed by atoms with Gasteiger partial charge in [-0.3, -0.25) is 0 Å². The Hall–Kier alpha value is -2.92. The molecule has 1 N–H and O–H groups in total. The van der Waals surface area contributed by atoms with Crippen LogP contribution in [0, 0.1) is 0 Å². The molecule has 0 bridgehead atoms. The molecule has 1 atom stereocenters. The highest BCUT2D eigenvalue weighted by Crippen LogP contribution is 2.30. The van der Waals surface area contributed by atoms with Crippen LogP contribution in [0.5, 0.6) is 11.5 Å².